The molecule has 0 radical (unpaired) electrons. The summed E-state index contributed by atoms with van der Waals surface area (Å²) < 4.78 is 12.5. The Morgan fingerprint density at radius 3 is 2.74 bits per heavy atom. The fourth-order valence-corrected chi connectivity index (χ4v) is 2.04. The highest BCUT2D eigenvalue weighted by atomic mass is 127. The van der Waals surface area contributed by atoms with Crippen LogP contribution in [0.4, 0.5) is 0 Å². The number of hydrogen-bond donors (Lipinski definition) is 1. The van der Waals surface area contributed by atoms with E-state index in [0.29, 0.717) is 19.8 Å². The standard InChI is InChI=1S/C16H30N4O2.HI/c1-5-17-16(18-9-7-11-22-13-12-21-4)20(3)14-15-8-6-10-19(15)2;/h6,8,10H,5,7,9,11-14H2,1-4H3,(H,17,18);1H. The average molecular weight is 438 g/mol. The van der Waals surface area contributed by atoms with E-state index in [2.05, 4.69) is 59.1 Å². The molecule has 23 heavy (non-hydrogen) atoms. The molecule has 0 saturated heterocycles. The number of halogens is 1. The Hall–Kier alpha value is -0.800. The molecule has 1 aromatic rings. The number of hydrogen-bond acceptors (Lipinski definition) is 3. The zero-order valence-electron chi connectivity index (χ0n) is 14.7. The lowest BCUT2D eigenvalue weighted by molar-refractivity contribution is 0.0702. The maximum atomic E-state index is 5.45. The minimum atomic E-state index is 0. The fourth-order valence-electron chi connectivity index (χ4n) is 2.04. The van der Waals surface area contributed by atoms with Crippen molar-refractivity contribution in [1.29, 1.82) is 0 Å². The van der Waals surface area contributed by atoms with E-state index in [1.54, 1.807) is 7.11 Å². The van der Waals surface area contributed by atoms with Gasteiger partial charge in [0.05, 0.1) is 19.8 Å². The lowest BCUT2D eigenvalue weighted by Crippen LogP contribution is -2.39. The molecule has 0 saturated carbocycles. The van der Waals surface area contributed by atoms with Gasteiger partial charge in [-0.05, 0) is 25.5 Å². The first kappa shape index (κ1) is 22.2. The molecule has 0 spiro atoms. The van der Waals surface area contributed by atoms with Crippen LogP contribution in [0.3, 0.4) is 0 Å². The molecular weight excluding hydrogens is 407 g/mol. The Balaban J connectivity index is 0.00000484. The third-order valence-electron chi connectivity index (χ3n) is 3.29. The molecule has 134 valence electrons. The van der Waals surface area contributed by atoms with Gasteiger partial charge in [-0.15, -0.1) is 24.0 Å². The van der Waals surface area contributed by atoms with Crippen LogP contribution in [0.15, 0.2) is 23.3 Å². The number of aliphatic imine (C=N–C) groups is 1. The fraction of sp³-hybridized carbons (Fsp3) is 0.688. The Kier molecular flexibility index (Phi) is 13.1. The highest BCUT2D eigenvalue weighted by molar-refractivity contribution is 14.0. The molecule has 1 aromatic heterocycles. The Bertz CT molecular complexity index is 437. The monoisotopic (exact) mass is 438 g/mol. The van der Waals surface area contributed by atoms with Crippen LogP contribution >= 0.6 is 24.0 Å². The van der Waals surface area contributed by atoms with Crippen LogP contribution < -0.4 is 5.32 Å². The maximum absolute atomic E-state index is 5.45. The summed E-state index contributed by atoms with van der Waals surface area (Å²) in [6, 6.07) is 4.19. The van der Waals surface area contributed by atoms with Crippen molar-refractivity contribution in [2.75, 3.05) is 47.1 Å². The van der Waals surface area contributed by atoms with E-state index in [1.807, 2.05) is 0 Å². The van der Waals surface area contributed by atoms with Crippen LogP contribution in [0.25, 0.3) is 0 Å². The quantitative estimate of drug-likeness (QED) is 0.263. The molecule has 7 heteroatoms. The zero-order chi connectivity index (χ0) is 16.2. The van der Waals surface area contributed by atoms with E-state index in [-0.39, 0.29) is 24.0 Å². The first-order valence-electron chi connectivity index (χ1n) is 7.85. The molecule has 1 rings (SSSR count). The Morgan fingerprint density at radius 1 is 1.35 bits per heavy atom. The van der Waals surface area contributed by atoms with E-state index in [4.69, 9.17) is 9.47 Å². The molecule has 6 nitrogen and oxygen atoms in total. The summed E-state index contributed by atoms with van der Waals surface area (Å²) in [6.45, 7) is 6.54. The molecule has 0 fully saturated rings. The summed E-state index contributed by atoms with van der Waals surface area (Å²) in [5.74, 6) is 0.931. The van der Waals surface area contributed by atoms with Crippen LogP contribution in [-0.4, -0.2) is 62.5 Å². The van der Waals surface area contributed by atoms with Gasteiger partial charge in [-0.25, -0.2) is 0 Å². The van der Waals surface area contributed by atoms with Crippen LogP contribution in [-0.2, 0) is 23.1 Å². The van der Waals surface area contributed by atoms with E-state index >= 15 is 0 Å². The number of methoxy groups -OCH3 is 1. The van der Waals surface area contributed by atoms with E-state index < -0.39 is 0 Å². The second-order valence-electron chi connectivity index (χ2n) is 5.16. The smallest absolute Gasteiger partial charge is 0.194 e. The number of aromatic nitrogens is 1. The third-order valence-corrected chi connectivity index (χ3v) is 3.29. The van der Waals surface area contributed by atoms with Crippen molar-refractivity contribution in [2.24, 2.45) is 12.0 Å². The minimum absolute atomic E-state index is 0. The lowest BCUT2D eigenvalue weighted by Gasteiger charge is -2.22. The molecule has 0 aromatic carbocycles. The molecule has 0 aliphatic rings. The average Bonchev–Trinajstić information content (AvgIpc) is 2.90. The molecule has 0 atom stereocenters. The summed E-state index contributed by atoms with van der Waals surface area (Å²) >= 11 is 0. The van der Waals surface area contributed by atoms with Gasteiger partial charge in [0.2, 0.25) is 0 Å². The first-order valence-corrected chi connectivity index (χ1v) is 7.85. The highest BCUT2D eigenvalue weighted by Crippen LogP contribution is 2.03. The molecule has 1 heterocycles. The summed E-state index contributed by atoms with van der Waals surface area (Å²) in [4.78, 5) is 6.80. The molecule has 0 aliphatic carbocycles. The number of rotatable bonds is 10. The second kappa shape index (κ2) is 13.6. The van der Waals surface area contributed by atoms with Gasteiger partial charge in [-0.2, -0.15) is 0 Å². The maximum Gasteiger partial charge on any atom is 0.194 e. The van der Waals surface area contributed by atoms with Gasteiger partial charge in [0.25, 0.3) is 0 Å². The van der Waals surface area contributed by atoms with Crippen LogP contribution in [0.1, 0.15) is 19.0 Å². The number of nitrogens with one attached hydrogen (secondary N) is 1. The van der Waals surface area contributed by atoms with Crippen LogP contribution in [0.5, 0.6) is 0 Å². The first-order chi connectivity index (χ1) is 10.7. The topological polar surface area (TPSA) is 51.0 Å². The SMILES string of the molecule is CCNC(=NCCCOCCOC)N(C)Cc1cccn1C.I. The van der Waals surface area contributed by atoms with Gasteiger partial charge >= 0.3 is 0 Å². The van der Waals surface area contributed by atoms with Crippen molar-refractivity contribution in [3.8, 4) is 0 Å². The largest absolute Gasteiger partial charge is 0.382 e. The molecule has 0 aliphatic heterocycles. The van der Waals surface area contributed by atoms with Gasteiger partial charge in [-0.3, -0.25) is 4.99 Å². The van der Waals surface area contributed by atoms with E-state index in [0.717, 1.165) is 32.0 Å². The van der Waals surface area contributed by atoms with Crippen molar-refractivity contribution in [1.82, 2.24) is 14.8 Å². The van der Waals surface area contributed by atoms with Crippen molar-refractivity contribution in [2.45, 2.75) is 19.9 Å². The van der Waals surface area contributed by atoms with Crippen molar-refractivity contribution in [3.05, 3.63) is 24.0 Å². The predicted octanol–water partition coefficient (Wildman–Crippen LogP) is 2.09. The van der Waals surface area contributed by atoms with Gasteiger partial charge in [-0.1, -0.05) is 0 Å². The van der Waals surface area contributed by atoms with Gasteiger partial charge in [0.1, 0.15) is 0 Å². The van der Waals surface area contributed by atoms with Crippen molar-refractivity contribution in [3.63, 3.8) is 0 Å². The van der Waals surface area contributed by atoms with Gasteiger partial charge in [0, 0.05) is 52.8 Å². The Labute approximate surface area is 157 Å². The molecular formula is C16H31IN4O2. The number of nitrogens with zero attached hydrogens (tertiary/aromatic N) is 3. The number of ether oxygens (including phenoxy) is 2. The highest BCUT2D eigenvalue weighted by Gasteiger charge is 2.07. The van der Waals surface area contributed by atoms with Gasteiger partial charge in [0.15, 0.2) is 5.96 Å². The van der Waals surface area contributed by atoms with Crippen molar-refractivity contribution >= 4 is 29.9 Å². The second-order valence-corrected chi connectivity index (χ2v) is 5.16. The van der Waals surface area contributed by atoms with Crippen LogP contribution in [0.2, 0.25) is 0 Å². The van der Waals surface area contributed by atoms with Gasteiger partial charge < -0.3 is 24.3 Å². The Morgan fingerprint density at radius 2 is 2.13 bits per heavy atom. The molecule has 0 unspecified atom stereocenters. The summed E-state index contributed by atoms with van der Waals surface area (Å²) in [7, 11) is 5.80. The normalized spacial score (nSPS) is 11.2. The molecule has 1 N–H and O–H groups in total. The summed E-state index contributed by atoms with van der Waals surface area (Å²) in [6.07, 6.45) is 2.97. The lowest BCUT2D eigenvalue weighted by atomic mass is 10.4. The third kappa shape index (κ3) is 9.17. The van der Waals surface area contributed by atoms with E-state index in [9.17, 15) is 0 Å². The van der Waals surface area contributed by atoms with E-state index in [1.165, 1.54) is 5.69 Å². The minimum Gasteiger partial charge on any atom is -0.382 e. The number of guanidine groups is 1. The molecule has 0 amide bonds. The predicted molar refractivity (Wildman–Crippen MR) is 106 cm³/mol. The zero-order valence-corrected chi connectivity index (χ0v) is 17.1. The number of aryl methyl sites for hydroxylation is 1. The van der Waals surface area contributed by atoms with Crippen molar-refractivity contribution < 1.29 is 9.47 Å². The molecule has 0 bridgehead atoms. The summed E-state index contributed by atoms with van der Waals surface area (Å²) in [5, 5.41) is 3.33. The van der Waals surface area contributed by atoms with Crippen LogP contribution in [0, 0.1) is 0 Å². The summed E-state index contributed by atoms with van der Waals surface area (Å²) in [5.41, 5.74) is 1.26.